The summed E-state index contributed by atoms with van der Waals surface area (Å²) in [4.78, 5) is 20.4. The Labute approximate surface area is 82.2 Å². The van der Waals surface area contributed by atoms with Crippen molar-refractivity contribution in [3.8, 4) is 0 Å². The van der Waals surface area contributed by atoms with E-state index in [0.29, 0.717) is 21.8 Å². The molecule has 0 spiro atoms. The first kappa shape index (κ1) is 12.2. The van der Waals surface area contributed by atoms with Crippen LogP contribution in [0.15, 0.2) is 25.3 Å². The molecule has 0 N–H and O–H groups in total. The number of hydrogen-bond donors (Lipinski definition) is 0. The zero-order valence-electron chi connectivity index (χ0n) is 7.27. The van der Waals surface area contributed by atoms with Gasteiger partial charge in [0.05, 0.1) is 0 Å². The number of hydrogen-bond acceptors (Lipinski definition) is 4. The molecule has 0 aliphatic carbocycles. The fourth-order valence-corrected chi connectivity index (χ4v) is 6.16. The van der Waals surface area contributed by atoms with Gasteiger partial charge in [-0.15, -0.1) is 0 Å². The van der Waals surface area contributed by atoms with E-state index in [-0.39, 0.29) is 0 Å². The molecular formula is C8H12O4Sn. The van der Waals surface area contributed by atoms with Crippen molar-refractivity contribution in [2.24, 2.45) is 0 Å². The third kappa shape index (κ3) is 4.12. The van der Waals surface area contributed by atoms with Gasteiger partial charge >= 0.3 is 82.1 Å². The zero-order valence-corrected chi connectivity index (χ0v) is 10.1. The van der Waals surface area contributed by atoms with Crippen molar-refractivity contribution in [3.63, 3.8) is 0 Å². The Morgan fingerprint density at radius 3 is 1.62 bits per heavy atom. The van der Waals surface area contributed by atoms with Crippen molar-refractivity contribution in [2.75, 3.05) is 0 Å². The number of allylic oxidation sites excluding steroid dienone is 2. The van der Waals surface area contributed by atoms with Crippen molar-refractivity contribution in [1.82, 2.24) is 0 Å². The van der Waals surface area contributed by atoms with Crippen LogP contribution in [0.1, 0.15) is 0 Å². The van der Waals surface area contributed by atoms with Crippen LogP contribution >= 0.6 is 0 Å². The van der Waals surface area contributed by atoms with Gasteiger partial charge in [-0.25, -0.2) is 0 Å². The van der Waals surface area contributed by atoms with Crippen molar-refractivity contribution in [2.45, 2.75) is 8.87 Å². The summed E-state index contributed by atoms with van der Waals surface area (Å²) in [6.07, 6.45) is 3.18. The van der Waals surface area contributed by atoms with Crippen molar-refractivity contribution in [1.29, 1.82) is 0 Å². The van der Waals surface area contributed by atoms with Crippen molar-refractivity contribution >= 4 is 32.1 Å². The summed E-state index contributed by atoms with van der Waals surface area (Å²) in [6.45, 7) is 7.69. The fraction of sp³-hybridized carbons (Fsp3) is 0.250. The van der Waals surface area contributed by atoms with Crippen LogP contribution in [0.3, 0.4) is 0 Å². The maximum atomic E-state index is 10.2. The average molecular weight is 291 g/mol. The normalized spacial score (nSPS) is 9.85. The van der Waals surface area contributed by atoms with Gasteiger partial charge < -0.3 is 0 Å². The van der Waals surface area contributed by atoms with E-state index in [1.807, 2.05) is 0 Å². The molecule has 0 saturated carbocycles. The van der Waals surface area contributed by atoms with E-state index < -0.39 is 19.2 Å². The Morgan fingerprint density at radius 1 is 1.00 bits per heavy atom. The molecule has 13 heavy (non-hydrogen) atoms. The molecule has 0 aliphatic heterocycles. The summed E-state index contributed by atoms with van der Waals surface area (Å²) in [5.74, 6) is 0. The maximum absolute atomic E-state index is 10.2. The van der Waals surface area contributed by atoms with Gasteiger partial charge in [-0.05, 0) is 0 Å². The van der Waals surface area contributed by atoms with Crippen molar-refractivity contribution in [3.05, 3.63) is 25.3 Å². The molecule has 0 saturated heterocycles. The SMILES string of the molecule is C=C[CH2][Sn]([CH2]C=C)([O]C=O)[O]C=O. The van der Waals surface area contributed by atoms with E-state index in [4.69, 9.17) is 6.15 Å². The second-order valence-corrected chi connectivity index (χ2v) is 11.2. The van der Waals surface area contributed by atoms with E-state index >= 15 is 0 Å². The molecule has 0 atom stereocenters. The molecule has 0 fully saturated rings. The number of carbonyl (C=O) groups excluding carboxylic acids is 2. The predicted octanol–water partition coefficient (Wildman–Crippen LogP) is 1.15. The molecule has 0 amide bonds. The van der Waals surface area contributed by atoms with Gasteiger partial charge in [0.15, 0.2) is 0 Å². The summed E-state index contributed by atoms with van der Waals surface area (Å²) in [5, 5.41) is 0. The molecule has 5 heteroatoms. The molecule has 0 aliphatic rings. The van der Waals surface area contributed by atoms with E-state index in [1.165, 1.54) is 0 Å². The molecule has 0 heterocycles. The molecule has 0 aromatic heterocycles. The third-order valence-electron chi connectivity index (χ3n) is 1.44. The van der Waals surface area contributed by atoms with Gasteiger partial charge in [-0.2, -0.15) is 0 Å². The Hall–Kier alpha value is -0.781. The van der Waals surface area contributed by atoms with Crippen LogP contribution in [0.4, 0.5) is 0 Å². The van der Waals surface area contributed by atoms with E-state index in [1.54, 1.807) is 12.2 Å². The van der Waals surface area contributed by atoms with Gasteiger partial charge in [0.1, 0.15) is 0 Å². The molecule has 0 bridgehead atoms. The van der Waals surface area contributed by atoms with Gasteiger partial charge in [0.2, 0.25) is 0 Å². The zero-order chi connectivity index (χ0) is 10.2. The van der Waals surface area contributed by atoms with E-state index in [2.05, 4.69) is 13.2 Å². The standard InChI is InChI=1S/2C3H5.2CH2O2.Sn/c2*1-3-2;2*2-1-3;/h2*3H,1-2H2;2*1H,(H,2,3);/q;;;;+2/p-2. The Morgan fingerprint density at radius 2 is 1.38 bits per heavy atom. The van der Waals surface area contributed by atoms with Gasteiger partial charge in [-0.1, -0.05) is 0 Å². The molecule has 72 valence electrons. The topological polar surface area (TPSA) is 52.6 Å². The molecule has 0 aromatic carbocycles. The molecule has 0 rings (SSSR count). The molecule has 4 nitrogen and oxygen atoms in total. The van der Waals surface area contributed by atoms with Crippen molar-refractivity contribution < 1.29 is 15.7 Å². The van der Waals surface area contributed by atoms with Crippen LogP contribution < -0.4 is 0 Å². The quantitative estimate of drug-likeness (QED) is 0.382. The van der Waals surface area contributed by atoms with Crippen LogP contribution in [0.2, 0.25) is 8.87 Å². The second-order valence-electron chi connectivity index (χ2n) is 2.32. The third-order valence-corrected chi connectivity index (χ3v) is 9.64. The van der Waals surface area contributed by atoms with Crippen LogP contribution in [0.5, 0.6) is 0 Å². The molecule has 0 unspecified atom stereocenters. The van der Waals surface area contributed by atoms with Crippen LogP contribution in [-0.2, 0) is 15.7 Å². The first-order valence-corrected chi connectivity index (χ1v) is 10.1. The molecule has 0 aromatic rings. The molecular weight excluding hydrogens is 279 g/mol. The minimum absolute atomic E-state index is 0.326. The fourth-order valence-electron chi connectivity index (χ4n) is 0.919. The molecule has 0 radical (unpaired) electrons. The average Bonchev–Trinajstić information content (AvgIpc) is 2.06. The summed E-state index contributed by atoms with van der Waals surface area (Å²) in [5.41, 5.74) is 0. The Kier molecular flexibility index (Phi) is 6.30. The second kappa shape index (κ2) is 6.70. The summed E-state index contributed by atoms with van der Waals surface area (Å²) in [7, 11) is 0. The minimum atomic E-state index is -3.53. The summed E-state index contributed by atoms with van der Waals surface area (Å²) < 4.78 is 10.7. The van der Waals surface area contributed by atoms with Crippen LogP contribution in [0.25, 0.3) is 0 Å². The van der Waals surface area contributed by atoms with E-state index in [9.17, 15) is 9.59 Å². The number of rotatable bonds is 8. The first-order valence-electron chi connectivity index (χ1n) is 3.69. The number of carbonyl (C=O) groups is 2. The first-order chi connectivity index (χ1) is 6.24. The Balaban J connectivity index is 4.53. The summed E-state index contributed by atoms with van der Waals surface area (Å²) >= 11 is -3.53. The van der Waals surface area contributed by atoms with Crippen LogP contribution in [0, 0.1) is 0 Å². The van der Waals surface area contributed by atoms with Crippen LogP contribution in [-0.4, -0.2) is 32.1 Å². The monoisotopic (exact) mass is 292 g/mol. The predicted molar refractivity (Wildman–Crippen MR) is 50.1 cm³/mol. The summed E-state index contributed by atoms with van der Waals surface area (Å²) in [6, 6.07) is 0. The van der Waals surface area contributed by atoms with Gasteiger partial charge in [-0.3, -0.25) is 0 Å². The van der Waals surface area contributed by atoms with Gasteiger partial charge in [0.25, 0.3) is 0 Å². The Bertz CT molecular complexity index is 157. The van der Waals surface area contributed by atoms with Gasteiger partial charge in [0, 0.05) is 0 Å². The van der Waals surface area contributed by atoms with E-state index in [0.717, 1.165) is 0 Å².